The van der Waals surface area contributed by atoms with E-state index in [4.69, 9.17) is 0 Å². The second-order valence-corrected chi connectivity index (χ2v) is 28.1. The van der Waals surface area contributed by atoms with Crippen LogP contribution in [0.3, 0.4) is 0 Å². The molecule has 0 bridgehead atoms. The summed E-state index contributed by atoms with van der Waals surface area (Å²) in [6.45, 7) is 22.9. The van der Waals surface area contributed by atoms with Crippen molar-refractivity contribution in [2.75, 3.05) is 14.7 Å². The van der Waals surface area contributed by atoms with Crippen LogP contribution in [0.15, 0.2) is 127 Å². The fourth-order valence-electron chi connectivity index (χ4n) is 14.3. The molecule has 63 heavy (non-hydrogen) atoms. The summed E-state index contributed by atoms with van der Waals surface area (Å²) in [6, 6.07) is 50.7. The highest BCUT2D eigenvalue weighted by Crippen LogP contribution is 2.66. The topological polar surface area (TPSA) is 9.72 Å². The lowest BCUT2D eigenvalue weighted by Crippen LogP contribution is -2.65. The molecule has 4 unspecified atom stereocenters. The highest BCUT2D eigenvalue weighted by molar-refractivity contribution is 7.01. The zero-order chi connectivity index (χ0) is 43.5. The Kier molecular flexibility index (Phi) is 8.20. The molecule has 6 aliphatic rings. The quantitative estimate of drug-likeness (QED) is 0.164. The Balaban J connectivity index is 1.21. The van der Waals surface area contributed by atoms with Crippen LogP contribution in [0, 0.1) is 0 Å². The standard InChI is InChI=1S/C58H64BN3Si/c1-54(2,3)40-28-29-48-44(34-40)58(39-22-12-10-13-23-39)33-21-20-32-57(58,6)61(48)42-35-50-52-51(36-42)62-53-45(55(4)30-18-19-31-56(55,62)5)37-43(63(7,8)9)38-47(53)59(52)46-26-16-17-27-49(46)60(50)41-24-14-11-15-25-41/h10-17,22-29,34-38H,18-21,30-33H2,1-9H3. The van der Waals surface area contributed by atoms with Gasteiger partial charge in [-0.15, -0.1) is 0 Å². The van der Waals surface area contributed by atoms with Gasteiger partial charge in [0.25, 0.3) is 6.71 Å². The number of nitrogens with zero attached hydrogens (tertiary/aromatic N) is 3. The van der Waals surface area contributed by atoms with Crippen LogP contribution in [-0.2, 0) is 16.2 Å². The van der Waals surface area contributed by atoms with E-state index in [9.17, 15) is 0 Å². The summed E-state index contributed by atoms with van der Waals surface area (Å²) < 4.78 is 0. The van der Waals surface area contributed by atoms with Gasteiger partial charge in [-0.1, -0.05) is 169 Å². The predicted molar refractivity (Wildman–Crippen MR) is 273 cm³/mol. The van der Waals surface area contributed by atoms with E-state index in [0.717, 1.165) is 12.8 Å². The molecule has 2 fully saturated rings. The van der Waals surface area contributed by atoms with Gasteiger partial charge in [0.15, 0.2) is 0 Å². The Hall–Kier alpha value is -5.00. The molecule has 2 saturated carbocycles. The third kappa shape index (κ3) is 5.04. The molecule has 0 N–H and O–H groups in total. The molecule has 0 spiro atoms. The highest BCUT2D eigenvalue weighted by atomic mass is 28.3. The second kappa shape index (κ2) is 13.1. The average molecular weight is 842 g/mol. The molecule has 4 atom stereocenters. The minimum Gasteiger partial charge on any atom is -0.335 e. The summed E-state index contributed by atoms with van der Waals surface area (Å²) in [6.07, 6.45) is 9.72. The van der Waals surface area contributed by atoms with Crippen molar-refractivity contribution in [2.45, 2.75) is 140 Å². The molecule has 3 nitrogen and oxygen atoms in total. The van der Waals surface area contributed by atoms with Gasteiger partial charge < -0.3 is 14.7 Å². The van der Waals surface area contributed by atoms with E-state index in [1.54, 1.807) is 10.8 Å². The molecule has 318 valence electrons. The summed E-state index contributed by atoms with van der Waals surface area (Å²) >= 11 is 0. The van der Waals surface area contributed by atoms with Crippen molar-refractivity contribution in [2.24, 2.45) is 0 Å². The molecular formula is C58H64BN3Si. The minimum absolute atomic E-state index is 0.0399. The summed E-state index contributed by atoms with van der Waals surface area (Å²) in [4.78, 5) is 8.46. The number of para-hydroxylation sites is 2. The van der Waals surface area contributed by atoms with Crippen LogP contribution in [-0.4, -0.2) is 25.9 Å². The molecule has 4 heterocycles. The van der Waals surface area contributed by atoms with Gasteiger partial charge in [0.05, 0.1) is 19.2 Å². The van der Waals surface area contributed by atoms with Crippen molar-refractivity contribution >= 4 is 76.2 Å². The minimum atomic E-state index is -1.70. The molecule has 0 radical (unpaired) electrons. The third-order valence-corrected chi connectivity index (χ3v) is 19.8. The highest BCUT2D eigenvalue weighted by Gasteiger charge is 2.64. The number of rotatable bonds is 4. The van der Waals surface area contributed by atoms with E-state index in [1.165, 1.54) is 111 Å². The molecule has 2 aliphatic carbocycles. The molecule has 12 rings (SSSR count). The Bertz CT molecular complexity index is 2860. The Morgan fingerprint density at radius 2 is 1.19 bits per heavy atom. The molecule has 6 aromatic carbocycles. The summed E-state index contributed by atoms with van der Waals surface area (Å²) in [5.74, 6) is 0. The SMILES string of the molecule is CC(C)(C)c1ccc2c(c1)C1(c3ccccc3)CCCCC1(C)N2c1cc2c3c(c1)N1c4c(cc([Si](C)(C)C)cc4C4(C)CCCCC14C)B3c1ccccc1N2c1ccccc1. The zero-order valence-corrected chi connectivity index (χ0v) is 40.2. The molecular weight excluding hydrogens is 778 g/mol. The lowest BCUT2D eigenvalue weighted by molar-refractivity contribution is 0.195. The number of benzene rings is 6. The van der Waals surface area contributed by atoms with E-state index in [0.29, 0.717) is 0 Å². The number of anilines is 7. The molecule has 0 aromatic heterocycles. The van der Waals surface area contributed by atoms with Crippen molar-refractivity contribution in [1.82, 2.24) is 0 Å². The van der Waals surface area contributed by atoms with Gasteiger partial charge in [-0.25, -0.2) is 0 Å². The first-order valence-electron chi connectivity index (χ1n) is 24.2. The monoisotopic (exact) mass is 841 g/mol. The molecule has 0 amide bonds. The largest absolute Gasteiger partial charge is 0.335 e. The van der Waals surface area contributed by atoms with Crippen LogP contribution < -0.4 is 36.3 Å². The van der Waals surface area contributed by atoms with E-state index < -0.39 is 8.07 Å². The van der Waals surface area contributed by atoms with Gasteiger partial charge in [0.2, 0.25) is 0 Å². The van der Waals surface area contributed by atoms with Crippen molar-refractivity contribution < 1.29 is 0 Å². The fourth-order valence-corrected chi connectivity index (χ4v) is 15.5. The maximum atomic E-state index is 2.95. The van der Waals surface area contributed by atoms with Crippen molar-refractivity contribution in [3.63, 3.8) is 0 Å². The first-order valence-corrected chi connectivity index (χ1v) is 27.7. The Morgan fingerprint density at radius 1 is 0.540 bits per heavy atom. The number of hydrogen-bond acceptors (Lipinski definition) is 3. The summed E-state index contributed by atoms with van der Waals surface area (Å²) in [5.41, 5.74) is 19.6. The summed E-state index contributed by atoms with van der Waals surface area (Å²) in [5, 5.41) is 1.60. The predicted octanol–water partition coefficient (Wildman–Crippen LogP) is 12.7. The van der Waals surface area contributed by atoms with Crippen LogP contribution in [0.25, 0.3) is 0 Å². The number of fused-ring (bicyclic) bond motifs is 10. The fraction of sp³-hybridized carbons (Fsp3) is 0.379. The maximum Gasteiger partial charge on any atom is 0.252 e. The number of hydrogen-bond donors (Lipinski definition) is 0. The first-order chi connectivity index (χ1) is 30.1. The lowest BCUT2D eigenvalue weighted by atomic mass is 9.33. The van der Waals surface area contributed by atoms with E-state index in [1.807, 2.05) is 0 Å². The van der Waals surface area contributed by atoms with E-state index in [2.05, 4.69) is 203 Å². The third-order valence-electron chi connectivity index (χ3n) is 17.8. The van der Waals surface area contributed by atoms with Gasteiger partial charge >= 0.3 is 0 Å². The molecule has 4 aliphatic heterocycles. The van der Waals surface area contributed by atoms with Crippen molar-refractivity contribution in [1.29, 1.82) is 0 Å². The lowest BCUT2D eigenvalue weighted by Gasteiger charge is -2.54. The van der Waals surface area contributed by atoms with Gasteiger partial charge in [-0.3, -0.25) is 0 Å². The van der Waals surface area contributed by atoms with Gasteiger partial charge in [-0.2, -0.15) is 0 Å². The van der Waals surface area contributed by atoms with Crippen molar-refractivity contribution in [3.8, 4) is 0 Å². The van der Waals surface area contributed by atoms with Crippen LogP contribution in [0.5, 0.6) is 0 Å². The normalized spacial score (nSPS) is 26.4. The Labute approximate surface area is 378 Å². The smallest absolute Gasteiger partial charge is 0.252 e. The Morgan fingerprint density at radius 3 is 1.92 bits per heavy atom. The molecule has 5 heteroatoms. The second-order valence-electron chi connectivity index (χ2n) is 23.0. The van der Waals surface area contributed by atoms with Crippen molar-refractivity contribution in [3.05, 3.63) is 150 Å². The average Bonchev–Trinajstić information content (AvgIpc) is 3.64. The van der Waals surface area contributed by atoms with Crippen LogP contribution in [0.1, 0.15) is 115 Å². The van der Waals surface area contributed by atoms with Gasteiger partial charge in [0.1, 0.15) is 0 Å². The van der Waals surface area contributed by atoms with E-state index >= 15 is 0 Å². The van der Waals surface area contributed by atoms with Gasteiger partial charge in [0, 0.05) is 50.6 Å². The maximum absolute atomic E-state index is 2.95. The zero-order valence-electron chi connectivity index (χ0n) is 39.2. The van der Waals surface area contributed by atoms with Crippen LogP contribution >= 0.6 is 0 Å². The molecule has 0 saturated heterocycles. The summed E-state index contributed by atoms with van der Waals surface area (Å²) in [7, 11) is -1.70. The van der Waals surface area contributed by atoms with Crippen LogP contribution in [0.2, 0.25) is 19.6 Å². The van der Waals surface area contributed by atoms with E-state index in [-0.39, 0.29) is 34.0 Å². The molecule has 6 aromatic rings. The van der Waals surface area contributed by atoms with Crippen LogP contribution in [0.4, 0.5) is 39.8 Å². The first kappa shape index (κ1) is 39.6. The van der Waals surface area contributed by atoms with Gasteiger partial charge in [-0.05, 0) is 120 Å².